The Bertz CT molecular complexity index is 398. The Morgan fingerprint density at radius 1 is 1.26 bits per heavy atom. The van der Waals surface area contributed by atoms with Crippen molar-refractivity contribution in [3.63, 3.8) is 0 Å². The van der Waals surface area contributed by atoms with Gasteiger partial charge in [-0.2, -0.15) is 0 Å². The van der Waals surface area contributed by atoms with Gasteiger partial charge in [0.25, 0.3) is 0 Å². The number of amides is 1. The van der Waals surface area contributed by atoms with Crippen LogP contribution in [-0.2, 0) is 10.4 Å². The number of rotatable bonds is 6. The van der Waals surface area contributed by atoms with Crippen LogP contribution in [0.25, 0.3) is 0 Å². The Morgan fingerprint density at radius 2 is 1.84 bits per heavy atom. The van der Waals surface area contributed by atoms with Crippen molar-refractivity contribution >= 4 is 5.91 Å². The van der Waals surface area contributed by atoms with Crippen molar-refractivity contribution in [1.82, 2.24) is 5.32 Å². The summed E-state index contributed by atoms with van der Waals surface area (Å²) in [7, 11) is 0. The Hall–Kier alpha value is -1.35. The highest BCUT2D eigenvalue weighted by Gasteiger charge is 2.26. The number of benzene rings is 1. The van der Waals surface area contributed by atoms with Crippen molar-refractivity contribution in [2.24, 2.45) is 5.92 Å². The molecule has 3 heteroatoms. The molecule has 19 heavy (non-hydrogen) atoms. The van der Waals surface area contributed by atoms with Crippen LogP contribution in [0.15, 0.2) is 30.3 Å². The molecule has 3 nitrogen and oxygen atoms in total. The van der Waals surface area contributed by atoms with E-state index in [2.05, 4.69) is 19.2 Å². The summed E-state index contributed by atoms with van der Waals surface area (Å²) in [6.07, 6.45) is 1.03. The number of hydrogen-bond donors (Lipinski definition) is 2. The van der Waals surface area contributed by atoms with Gasteiger partial charge in [0.1, 0.15) is 0 Å². The van der Waals surface area contributed by atoms with E-state index in [1.54, 1.807) is 6.92 Å². The molecule has 0 bridgehead atoms. The molecule has 1 aromatic carbocycles. The molecule has 1 rings (SSSR count). The zero-order valence-electron chi connectivity index (χ0n) is 12.3. The highest BCUT2D eigenvalue weighted by molar-refractivity contribution is 5.77. The summed E-state index contributed by atoms with van der Waals surface area (Å²) in [5.41, 5.74) is -0.357. The van der Waals surface area contributed by atoms with Crippen LogP contribution in [0.1, 0.15) is 46.1 Å². The third-order valence-electron chi connectivity index (χ3n) is 3.13. The van der Waals surface area contributed by atoms with Crippen LogP contribution in [0.2, 0.25) is 0 Å². The molecular formula is C16H25NO2. The Kier molecular flexibility index (Phi) is 5.55. The van der Waals surface area contributed by atoms with Crippen molar-refractivity contribution in [3.05, 3.63) is 35.9 Å². The van der Waals surface area contributed by atoms with E-state index in [1.807, 2.05) is 37.3 Å². The number of nitrogens with one attached hydrogen (secondary N) is 1. The topological polar surface area (TPSA) is 49.3 Å². The molecule has 1 amide bonds. The summed E-state index contributed by atoms with van der Waals surface area (Å²) in [4.78, 5) is 12.0. The van der Waals surface area contributed by atoms with Gasteiger partial charge < -0.3 is 10.4 Å². The van der Waals surface area contributed by atoms with E-state index in [-0.39, 0.29) is 18.4 Å². The van der Waals surface area contributed by atoms with Crippen LogP contribution < -0.4 is 5.32 Å². The van der Waals surface area contributed by atoms with Gasteiger partial charge in [-0.05, 0) is 31.7 Å². The molecule has 0 aliphatic carbocycles. The molecule has 0 aromatic heterocycles. The van der Waals surface area contributed by atoms with Crippen LogP contribution in [0.3, 0.4) is 0 Å². The van der Waals surface area contributed by atoms with Crippen molar-refractivity contribution in [3.8, 4) is 0 Å². The second kappa shape index (κ2) is 6.71. The fourth-order valence-electron chi connectivity index (χ4n) is 2.30. The zero-order valence-corrected chi connectivity index (χ0v) is 12.3. The predicted molar refractivity (Wildman–Crippen MR) is 77.7 cm³/mol. The number of carbonyl (C=O) groups excluding carboxylic acids is 1. The van der Waals surface area contributed by atoms with Crippen LogP contribution in [0.5, 0.6) is 0 Å². The van der Waals surface area contributed by atoms with E-state index in [1.165, 1.54) is 0 Å². The highest BCUT2D eigenvalue weighted by Crippen LogP contribution is 2.24. The maximum absolute atomic E-state index is 12.0. The first-order valence-corrected chi connectivity index (χ1v) is 6.88. The molecule has 0 spiro atoms. The summed E-state index contributed by atoms with van der Waals surface area (Å²) in [6, 6.07) is 9.44. The minimum absolute atomic E-state index is 0.0828. The standard InChI is InChI=1S/C16H25NO2/c1-12(2)10-13(3)17-15(18)11-16(4,19)14-8-6-5-7-9-14/h5-9,12-13,19H,10-11H2,1-4H3,(H,17,18). The molecule has 2 unspecified atom stereocenters. The number of hydrogen-bond acceptors (Lipinski definition) is 2. The van der Waals surface area contributed by atoms with Gasteiger partial charge in [-0.25, -0.2) is 0 Å². The van der Waals surface area contributed by atoms with Crippen molar-refractivity contribution < 1.29 is 9.90 Å². The SMILES string of the molecule is CC(C)CC(C)NC(=O)CC(C)(O)c1ccccc1. The highest BCUT2D eigenvalue weighted by atomic mass is 16.3. The van der Waals surface area contributed by atoms with Crippen molar-refractivity contribution in [1.29, 1.82) is 0 Å². The molecule has 1 aromatic rings. The molecule has 0 aliphatic rings. The van der Waals surface area contributed by atoms with E-state index in [9.17, 15) is 9.90 Å². The first-order chi connectivity index (χ1) is 8.81. The minimum Gasteiger partial charge on any atom is -0.385 e. The second-order valence-electron chi connectivity index (χ2n) is 5.91. The molecular weight excluding hydrogens is 238 g/mol. The summed E-state index contributed by atoms with van der Waals surface area (Å²) in [6.45, 7) is 7.93. The van der Waals surface area contributed by atoms with Crippen LogP contribution in [0, 0.1) is 5.92 Å². The average molecular weight is 263 g/mol. The van der Waals surface area contributed by atoms with E-state index in [4.69, 9.17) is 0 Å². The Labute approximate surface area is 116 Å². The van der Waals surface area contributed by atoms with Gasteiger partial charge in [0.15, 0.2) is 0 Å². The largest absolute Gasteiger partial charge is 0.385 e. The normalized spacial score (nSPS) is 15.9. The zero-order chi connectivity index (χ0) is 14.5. The van der Waals surface area contributed by atoms with E-state index in [0.717, 1.165) is 12.0 Å². The molecule has 106 valence electrons. The lowest BCUT2D eigenvalue weighted by atomic mass is 9.92. The van der Waals surface area contributed by atoms with Crippen LogP contribution in [-0.4, -0.2) is 17.1 Å². The third kappa shape index (κ3) is 5.43. The summed E-state index contributed by atoms with van der Waals surface area (Å²) in [5.74, 6) is 0.437. The molecule has 0 heterocycles. The number of aliphatic hydroxyl groups is 1. The molecule has 0 saturated carbocycles. The van der Waals surface area contributed by atoms with E-state index in [0.29, 0.717) is 5.92 Å². The summed E-state index contributed by atoms with van der Waals surface area (Å²) in [5, 5.41) is 13.3. The van der Waals surface area contributed by atoms with Crippen LogP contribution >= 0.6 is 0 Å². The fourth-order valence-corrected chi connectivity index (χ4v) is 2.30. The predicted octanol–water partition coefficient (Wildman–Crippen LogP) is 2.84. The molecule has 0 saturated heterocycles. The van der Waals surface area contributed by atoms with E-state index >= 15 is 0 Å². The third-order valence-corrected chi connectivity index (χ3v) is 3.13. The molecule has 0 fully saturated rings. The van der Waals surface area contributed by atoms with Gasteiger partial charge in [0, 0.05) is 6.04 Å². The molecule has 2 N–H and O–H groups in total. The monoisotopic (exact) mass is 263 g/mol. The first-order valence-electron chi connectivity index (χ1n) is 6.88. The fraction of sp³-hybridized carbons (Fsp3) is 0.562. The lowest BCUT2D eigenvalue weighted by Crippen LogP contribution is -2.38. The maximum atomic E-state index is 12.0. The lowest BCUT2D eigenvalue weighted by Gasteiger charge is -2.24. The Balaban J connectivity index is 2.56. The smallest absolute Gasteiger partial charge is 0.223 e. The van der Waals surface area contributed by atoms with Gasteiger partial charge in [-0.1, -0.05) is 44.2 Å². The van der Waals surface area contributed by atoms with Crippen molar-refractivity contribution in [2.75, 3.05) is 0 Å². The lowest BCUT2D eigenvalue weighted by molar-refractivity contribution is -0.126. The summed E-state index contributed by atoms with van der Waals surface area (Å²) >= 11 is 0. The average Bonchev–Trinajstić information content (AvgIpc) is 2.27. The van der Waals surface area contributed by atoms with Gasteiger partial charge in [0.2, 0.25) is 5.91 Å². The van der Waals surface area contributed by atoms with Gasteiger partial charge >= 0.3 is 0 Å². The quantitative estimate of drug-likeness (QED) is 0.829. The van der Waals surface area contributed by atoms with Gasteiger partial charge in [0.05, 0.1) is 12.0 Å². The Morgan fingerprint density at radius 3 is 2.37 bits per heavy atom. The van der Waals surface area contributed by atoms with Crippen molar-refractivity contribution in [2.45, 2.75) is 52.2 Å². The minimum atomic E-state index is -1.12. The number of carbonyl (C=O) groups is 1. The molecule has 0 radical (unpaired) electrons. The summed E-state index contributed by atoms with van der Waals surface area (Å²) < 4.78 is 0. The molecule has 2 atom stereocenters. The molecule has 0 aliphatic heterocycles. The first kappa shape index (κ1) is 15.7. The second-order valence-corrected chi connectivity index (χ2v) is 5.91. The van der Waals surface area contributed by atoms with E-state index < -0.39 is 5.60 Å². The maximum Gasteiger partial charge on any atom is 0.223 e. The van der Waals surface area contributed by atoms with Crippen LogP contribution in [0.4, 0.5) is 0 Å². The van der Waals surface area contributed by atoms with Gasteiger partial charge in [-0.3, -0.25) is 4.79 Å². The van der Waals surface area contributed by atoms with Gasteiger partial charge in [-0.15, -0.1) is 0 Å².